The van der Waals surface area contributed by atoms with Gasteiger partial charge in [0.15, 0.2) is 0 Å². The molecule has 2 aromatic carbocycles. The molecule has 8 heteroatoms. The number of unbranched alkanes of at least 4 members (excludes halogenated alkanes) is 1. The van der Waals surface area contributed by atoms with Gasteiger partial charge >= 0.3 is 12.2 Å². The maximum Gasteiger partial charge on any atom is 0.435 e. The van der Waals surface area contributed by atoms with Crippen molar-refractivity contribution in [1.29, 1.82) is 0 Å². The fourth-order valence-corrected chi connectivity index (χ4v) is 2.96. The summed E-state index contributed by atoms with van der Waals surface area (Å²) in [5, 5.41) is 7.31. The number of carbonyl (C=O) groups excluding carboxylic acids is 2. The van der Waals surface area contributed by atoms with Crippen LogP contribution in [0.5, 0.6) is 0 Å². The van der Waals surface area contributed by atoms with Crippen LogP contribution in [-0.4, -0.2) is 34.2 Å². The predicted molar refractivity (Wildman–Crippen MR) is 117 cm³/mol. The van der Waals surface area contributed by atoms with E-state index in [9.17, 15) is 14.0 Å². The van der Waals surface area contributed by atoms with Gasteiger partial charge in [-0.3, -0.25) is 5.32 Å². The first-order valence-corrected chi connectivity index (χ1v) is 10.1. The molecule has 0 spiro atoms. The minimum absolute atomic E-state index is 0.0715. The normalized spacial score (nSPS) is 11.4. The Kier molecular flexibility index (Phi) is 6.58. The number of fused-ring (bicyclic) bond motifs is 1. The Morgan fingerprint density at radius 3 is 2.52 bits per heavy atom. The topological polar surface area (TPSA) is 82.5 Å². The van der Waals surface area contributed by atoms with E-state index >= 15 is 0 Å². The third kappa shape index (κ3) is 5.39. The van der Waals surface area contributed by atoms with E-state index in [2.05, 4.69) is 10.4 Å². The Labute approximate surface area is 180 Å². The number of ether oxygens (including phenoxy) is 2. The van der Waals surface area contributed by atoms with Gasteiger partial charge in [0.05, 0.1) is 17.8 Å². The lowest BCUT2D eigenvalue weighted by Crippen LogP contribution is -2.27. The minimum atomic E-state index is -0.779. The summed E-state index contributed by atoms with van der Waals surface area (Å²) in [4.78, 5) is 24.7. The van der Waals surface area contributed by atoms with Gasteiger partial charge in [-0.25, -0.2) is 14.0 Å². The molecular formula is C23H26FN3O4. The van der Waals surface area contributed by atoms with Crippen molar-refractivity contribution in [3.63, 3.8) is 0 Å². The summed E-state index contributed by atoms with van der Waals surface area (Å²) in [5.74, 6) is -0.722. The van der Waals surface area contributed by atoms with Crippen molar-refractivity contribution in [2.24, 2.45) is 0 Å². The third-order valence-electron chi connectivity index (χ3n) is 4.35. The Morgan fingerprint density at radius 1 is 1.16 bits per heavy atom. The highest BCUT2D eigenvalue weighted by Gasteiger charge is 2.22. The van der Waals surface area contributed by atoms with E-state index in [1.54, 1.807) is 20.8 Å². The number of rotatable bonds is 5. The highest BCUT2D eigenvalue weighted by molar-refractivity contribution is 6.00. The van der Waals surface area contributed by atoms with Crippen LogP contribution >= 0.6 is 0 Å². The predicted octanol–water partition coefficient (Wildman–Crippen LogP) is 5.97. The van der Waals surface area contributed by atoms with E-state index in [0.717, 1.165) is 29.2 Å². The number of nitrogens with zero attached hydrogens (tertiary/aromatic N) is 2. The average molecular weight is 427 g/mol. The fraction of sp³-hybridized carbons (Fsp3) is 0.348. The second-order valence-corrected chi connectivity index (χ2v) is 8.07. The van der Waals surface area contributed by atoms with Gasteiger partial charge in [-0.2, -0.15) is 9.78 Å². The molecule has 3 rings (SSSR count). The summed E-state index contributed by atoms with van der Waals surface area (Å²) in [5.41, 5.74) is 0.649. The number of amides is 1. The first-order valence-electron chi connectivity index (χ1n) is 10.1. The first-order chi connectivity index (χ1) is 14.7. The van der Waals surface area contributed by atoms with Gasteiger partial charge in [-0.05, 0) is 33.3 Å². The molecule has 3 aromatic rings. The van der Waals surface area contributed by atoms with Gasteiger partial charge in [0.1, 0.15) is 17.1 Å². The first kappa shape index (κ1) is 22.3. The molecule has 31 heavy (non-hydrogen) atoms. The number of benzene rings is 2. The quantitative estimate of drug-likeness (QED) is 0.507. The second kappa shape index (κ2) is 9.16. The van der Waals surface area contributed by atoms with Crippen molar-refractivity contribution >= 4 is 28.8 Å². The molecule has 0 unspecified atom stereocenters. The molecule has 0 aliphatic heterocycles. The van der Waals surface area contributed by atoms with Crippen molar-refractivity contribution < 1.29 is 23.5 Å². The number of anilines is 1. The van der Waals surface area contributed by atoms with Crippen molar-refractivity contribution in [3.8, 4) is 11.3 Å². The number of halogens is 1. The molecule has 0 atom stereocenters. The van der Waals surface area contributed by atoms with Gasteiger partial charge in [0.25, 0.3) is 0 Å². The number of aromatic nitrogens is 2. The molecule has 1 aromatic heterocycles. The monoisotopic (exact) mass is 427 g/mol. The van der Waals surface area contributed by atoms with Crippen LogP contribution in [0.15, 0.2) is 42.5 Å². The van der Waals surface area contributed by atoms with Gasteiger partial charge in [-0.1, -0.05) is 43.7 Å². The molecule has 0 fully saturated rings. The molecule has 1 amide bonds. The minimum Gasteiger partial charge on any atom is -0.448 e. The van der Waals surface area contributed by atoms with E-state index in [1.807, 2.05) is 37.3 Å². The van der Waals surface area contributed by atoms with Gasteiger partial charge in [-0.15, -0.1) is 0 Å². The number of hydrogen-bond donors (Lipinski definition) is 1. The molecule has 7 nitrogen and oxygen atoms in total. The molecule has 0 radical (unpaired) electrons. The molecule has 0 saturated carbocycles. The lowest BCUT2D eigenvalue weighted by Gasteiger charge is -2.19. The molecule has 0 aliphatic carbocycles. The van der Waals surface area contributed by atoms with E-state index in [0.29, 0.717) is 11.1 Å². The lowest BCUT2D eigenvalue weighted by molar-refractivity contribution is 0.0635. The van der Waals surface area contributed by atoms with Crippen LogP contribution in [0, 0.1) is 5.82 Å². The van der Waals surface area contributed by atoms with E-state index < -0.39 is 23.6 Å². The zero-order valence-corrected chi connectivity index (χ0v) is 18.1. The summed E-state index contributed by atoms with van der Waals surface area (Å²) in [6, 6.07) is 11.8. The van der Waals surface area contributed by atoms with Crippen molar-refractivity contribution in [1.82, 2.24) is 9.78 Å². The zero-order valence-electron chi connectivity index (χ0n) is 18.1. The zero-order chi connectivity index (χ0) is 22.6. The molecule has 1 heterocycles. The Balaban J connectivity index is 2.06. The van der Waals surface area contributed by atoms with E-state index in [-0.39, 0.29) is 17.8 Å². The van der Waals surface area contributed by atoms with Crippen LogP contribution in [0.2, 0.25) is 0 Å². The van der Waals surface area contributed by atoms with Crippen LogP contribution in [0.25, 0.3) is 22.2 Å². The number of nitrogens with one attached hydrogen (secondary N) is 1. The second-order valence-electron chi connectivity index (χ2n) is 8.07. The maximum atomic E-state index is 14.8. The van der Waals surface area contributed by atoms with Crippen molar-refractivity contribution in [2.45, 2.75) is 46.1 Å². The highest BCUT2D eigenvalue weighted by Crippen LogP contribution is 2.32. The van der Waals surface area contributed by atoms with E-state index in [4.69, 9.17) is 9.47 Å². The number of hydrogen-bond acceptors (Lipinski definition) is 5. The Hall–Kier alpha value is -3.42. The summed E-state index contributed by atoms with van der Waals surface area (Å²) in [6.45, 7) is 7.38. The van der Waals surface area contributed by atoms with Crippen LogP contribution in [0.1, 0.15) is 40.5 Å². The van der Waals surface area contributed by atoms with Crippen molar-refractivity contribution in [2.75, 3.05) is 11.9 Å². The summed E-state index contributed by atoms with van der Waals surface area (Å²) in [6.07, 6.45) is 0.122. The van der Waals surface area contributed by atoms with Crippen LogP contribution in [0.3, 0.4) is 0 Å². The number of carbonyl (C=O) groups is 2. The summed E-state index contributed by atoms with van der Waals surface area (Å²) in [7, 11) is 0. The molecule has 0 bridgehead atoms. The summed E-state index contributed by atoms with van der Waals surface area (Å²) < 4.78 is 26.3. The largest absolute Gasteiger partial charge is 0.448 e. The van der Waals surface area contributed by atoms with Gasteiger partial charge < -0.3 is 9.47 Å². The Morgan fingerprint density at radius 2 is 1.87 bits per heavy atom. The maximum absolute atomic E-state index is 14.8. The average Bonchev–Trinajstić information content (AvgIpc) is 3.06. The molecule has 0 aliphatic rings. The van der Waals surface area contributed by atoms with Crippen LogP contribution in [-0.2, 0) is 9.47 Å². The molecule has 0 saturated heterocycles. The van der Waals surface area contributed by atoms with Crippen molar-refractivity contribution in [3.05, 3.63) is 48.3 Å². The lowest BCUT2D eigenvalue weighted by atomic mass is 10.1. The van der Waals surface area contributed by atoms with E-state index in [1.165, 1.54) is 6.07 Å². The fourth-order valence-electron chi connectivity index (χ4n) is 2.96. The third-order valence-corrected chi connectivity index (χ3v) is 4.35. The van der Waals surface area contributed by atoms with Gasteiger partial charge in [0, 0.05) is 17.0 Å². The SMILES string of the molecule is CCCCOC(=O)n1nc(-c2ccccc2)c2cc(NC(=O)OC(C)(C)C)c(F)cc21. The van der Waals surface area contributed by atoms with Crippen LogP contribution < -0.4 is 5.32 Å². The smallest absolute Gasteiger partial charge is 0.435 e. The Bertz CT molecular complexity index is 1090. The summed E-state index contributed by atoms with van der Waals surface area (Å²) >= 11 is 0. The molecule has 1 N–H and O–H groups in total. The standard InChI is InChI=1S/C23H26FN3O4/c1-5-6-12-30-22(29)27-19-14-17(24)18(25-21(28)31-23(2,3)4)13-16(19)20(26-27)15-10-8-7-9-11-15/h7-11,13-14H,5-6,12H2,1-4H3,(H,25,28). The van der Waals surface area contributed by atoms with Crippen LogP contribution in [0.4, 0.5) is 19.7 Å². The highest BCUT2D eigenvalue weighted by atomic mass is 19.1. The van der Waals surface area contributed by atoms with Gasteiger partial charge in [0.2, 0.25) is 0 Å². The molecular weight excluding hydrogens is 401 g/mol. The molecule has 164 valence electrons.